The number of carboxylic acid groups (broad SMARTS) is 1. The fraction of sp³-hybridized carbons (Fsp3) is 0.444. The van der Waals surface area contributed by atoms with E-state index in [1.807, 2.05) is 0 Å². The molecule has 0 spiro atoms. The van der Waals surface area contributed by atoms with Crippen molar-refractivity contribution < 1.29 is 23.1 Å². The molecule has 0 saturated heterocycles. The second kappa shape index (κ2) is 4.73. The van der Waals surface area contributed by atoms with Gasteiger partial charge in [0.15, 0.2) is 0 Å². The molecule has 0 radical (unpaired) electrons. The average molecular weight is 253 g/mol. The van der Waals surface area contributed by atoms with Crippen molar-refractivity contribution in [3.63, 3.8) is 0 Å². The molecule has 1 N–H and O–H groups in total. The fourth-order valence-corrected chi connectivity index (χ4v) is 1.96. The fourth-order valence-electron chi connectivity index (χ4n) is 1.21. The molecule has 0 aliphatic heterocycles. The van der Waals surface area contributed by atoms with Gasteiger partial charge in [-0.15, -0.1) is 11.3 Å². The van der Waals surface area contributed by atoms with Crippen molar-refractivity contribution in [3.8, 4) is 0 Å². The first-order valence-electron chi connectivity index (χ1n) is 4.47. The lowest BCUT2D eigenvalue weighted by molar-refractivity contribution is -0.119. The number of carbonyl (C=O) groups is 1. The highest BCUT2D eigenvalue weighted by molar-refractivity contribution is 7.12. The van der Waals surface area contributed by atoms with Gasteiger partial charge in [0, 0.05) is 17.6 Å². The lowest BCUT2D eigenvalue weighted by Crippen LogP contribution is -2.33. The molecule has 0 unspecified atom stereocenters. The Morgan fingerprint density at radius 3 is 2.56 bits per heavy atom. The van der Waals surface area contributed by atoms with Crippen molar-refractivity contribution in [2.24, 2.45) is 0 Å². The molecule has 0 aliphatic carbocycles. The van der Waals surface area contributed by atoms with Gasteiger partial charge in [-0.2, -0.15) is 13.2 Å². The number of rotatable bonds is 4. The van der Waals surface area contributed by atoms with Gasteiger partial charge in [-0.3, -0.25) is 0 Å². The van der Waals surface area contributed by atoms with E-state index in [9.17, 15) is 18.0 Å². The predicted molar refractivity (Wildman–Crippen MR) is 55.2 cm³/mol. The van der Waals surface area contributed by atoms with Crippen molar-refractivity contribution >= 4 is 23.0 Å². The first-order valence-corrected chi connectivity index (χ1v) is 5.35. The molecule has 0 saturated carbocycles. The third-order valence-electron chi connectivity index (χ3n) is 1.91. The van der Waals surface area contributed by atoms with E-state index < -0.39 is 18.7 Å². The van der Waals surface area contributed by atoms with Crippen LogP contribution in [0.25, 0.3) is 0 Å². The Balaban J connectivity index is 2.83. The Bertz CT molecular complexity index is 375. The second-order valence-corrected chi connectivity index (χ2v) is 4.01. The topological polar surface area (TPSA) is 40.5 Å². The summed E-state index contributed by atoms with van der Waals surface area (Å²) in [6, 6.07) is 1.25. The monoisotopic (exact) mass is 253 g/mol. The van der Waals surface area contributed by atoms with Gasteiger partial charge in [0.1, 0.15) is 11.4 Å². The lowest BCUT2D eigenvalue weighted by atomic mass is 10.3. The molecule has 0 aromatic carbocycles. The quantitative estimate of drug-likeness (QED) is 0.897. The number of hydrogen-bond acceptors (Lipinski definition) is 3. The summed E-state index contributed by atoms with van der Waals surface area (Å²) in [5, 5.41) is 10.1. The van der Waals surface area contributed by atoms with Crippen molar-refractivity contribution in [3.05, 3.63) is 16.3 Å². The minimum absolute atomic E-state index is 0.0376. The zero-order chi connectivity index (χ0) is 12.3. The molecule has 1 aromatic heterocycles. The molecule has 3 nitrogen and oxygen atoms in total. The zero-order valence-electron chi connectivity index (χ0n) is 8.41. The summed E-state index contributed by atoms with van der Waals surface area (Å²) in [6.45, 7) is 0.693. The Labute approximate surface area is 94.1 Å². The Morgan fingerprint density at radius 2 is 2.19 bits per heavy atom. The standard InChI is InChI=1S/C9H10F3NO2S/c1-2-13(5-9(10,11)12)6-3-7(8(14)15)16-4-6/h3-4H,2,5H2,1H3,(H,14,15). The summed E-state index contributed by atoms with van der Waals surface area (Å²) in [6.07, 6.45) is -4.29. The molecule has 1 heterocycles. The zero-order valence-corrected chi connectivity index (χ0v) is 9.23. The molecule has 7 heteroatoms. The number of hydrogen-bond donors (Lipinski definition) is 1. The van der Waals surface area contributed by atoms with E-state index in [2.05, 4.69) is 0 Å². The molecule has 1 aromatic rings. The molecular weight excluding hydrogens is 243 g/mol. The van der Waals surface area contributed by atoms with Gasteiger partial charge in [-0.1, -0.05) is 0 Å². The molecule has 0 amide bonds. The number of carboxylic acids is 1. The van der Waals surface area contributed by atoms with Crippen LogP contribution >= 0.6 is 11.3 Å². The van der Waals surface area contributed by atoms with E-state index in [4.69, 9.17) is 5.11 Å². The van der Waals surface area contributed by atoms with Crippen molar-refractivity contribution in [2.75, 3.05) is 18.0 Å². The van der Waals surface area contributed by atoms with Crippen LogP contribution in [-0.4, -0.2) is 30.3 Å². The van der Waals surface area contributed by atoms with Gasteiger partial charge in [0.25, 0.3) is 0 Å². The molecule has 0 atom stereocenters. The van der Waals surface area contributed by atoms with E-state index >= 15 is 0 Å². The van der Waals surface area contributed by atoms with E-state index in [1.165, 1.54) is 11.4 Å². The highest BCUT2D eigenvalue weighted by atomic mass is 32.1. The average Bonchev–Trinajstić information content (AvgIpc) is 2.61. The van der Waals surface area contributed by atoms with Crippen molar-refractivity contribution in [1.82, 2.24) is 0 Å². The number of anilines is 1. The van der Waals surface area contributed by atoms with E-state index in [-0.39, 0.29) is 11.4 Å². The molecule has 16 heavy (non-hydrogen) atoms. The lowest BCUT2D eigenvalue weighted by Gasteiger charge is -2.22. The predicted octanol–water partition coefficient (Wildman–Crippen LogP) is 2.83. The van der Waals surface area contributed by atoms with Crippen LogP contribution in [0.2, 0.25) is 0 Å². The highest BCUT2D eigenvalue weighted by Gasteiger charge is 2.30. The first kappa shape index (κ1) is 12.8. The van der Waals surface area contributed by atoms with Gasteiger partial charge in [-0.25, -0.2) is 4.79 Å². The van der Waals surface area contributed by atoms with Crippen LogP contribution in [0.1, 0.15) is 16.6 Å². The third kappa shape index (κ3) is 3.41. The highest BCUT2D eigenvalue weighted by Crippen LogP contribution is 2.26. The van der Waals surface area contributed by atoms with Crippen LogP contribution in [0.5, 0.6) is 0 Å². The minimum Gasteiger partial charge on any atom is -0.477 e. The first-order chi connectivity index (χ1) is 7.33. The van der Waals surface area contributed by atoms with Gasteiger partial charge >= 0.3 is 12.1 Å². The van der Waals surface area contributed by atoms with E-state index in [0.717, 1.165) is 16.2 Å². The van der Waals surface area contributed by atoms with E-state index in [0.29, 0.717) is 5.69 Å². The van der Waals surface area contributed by atoms with Crippen LogP contribution in [0, 0.1) is 0 Å². The number of aromatic carboxylic acids is 1. The normalized spacial score (nSPS) is 11.5. The maximum atomic E-state index is 12.2. The van der Waals surface area contributed by atoms with Crippen molar-refractivity contribution in [2.45, 2.75) is 13.1 Å². The van der Waals surface area contributed by atoms with Gasteiger partial charge in [-0.05, 0) is 13.0 Å². The maximum Gasteiger partial charge on any atom is 0.405 e. The molecule has 0 fully saturated rings. The van der Waals surface area contributed by atoms with Crippen LogP contribution < -0.4 is 4.90 Å². The van der Waals surface area contributed by atoms with Gasteiger partial charge in [0.05, 0.1) is 0 Å². The van der Waals surface area contributed by atoms with Crippen LogP contribution in [0.15, 0.2) is 11.4 Å². The van der Waals surface area contributed by atoms with Crippen LogP contribution in [0.3, 0.4) is 0 Å². The summed E-state index contributed by atoms with van der Waals surface area (Å²) in [7, 11) is 0. The van der Waals surface area contributed by atoms with Crippen LogP contribution in [0.4, 0.5) is 18.9 Å². The number of thiophene rings is 1. The summed E-state index contributed by atoms with van der Waals surface area (Å²) in [4.78, 5) is 11.7. The molecular formula is C9H10F3NO2S. The number of alkyl halides is 3. The molecule has 90 valence electrons. The molecule has 0 aliphatic rings. The van der Waals surface area contributed by atoms with Gasteiger partial charge in [0.2, 0.25) is 0 Å². The summed E-state index contributed by atoms with van der Waals surface area (Å²) in [5.74, 6) is -1.13. The summed E-state index contributed by atoms with van der Waals surface area (Å²) >= 11 is 0.919. The second-order valence-electron chi connectivity index (χ2n) is 3.10. The van der Waals surface area contributed by atoms with Gasteiger partial charge < -0.3 is 10.0 Å². The minimum atomic E-state index is -4.29. The van der Waals surface area contributed by atoms with Crippen LogP contribution in [-0.2, 0) is 0 Å². The largest absolute Gasteiger partial charge is 0.477 e. The SMILES string of the molecule is CCN(CC(F)(F)F)c1csc(C(=O)O)c1. The van der Waals surface area contributed by atoms with Crippen molar-refractivity contribution in [1.29, 1.82) is 0 Å². The third-order valence-corrected chi connectivity index (χ3v) is 2.82. The summed E-state index contributed by atoms with van der Waals surface area (Å²) < 4.78 is 36.6. The number of halogens is 3. The smallest absolute Gasteiger partial charge is 0.405 e. The Morgan fingerprint density at radius 1 is 1.56 bits per heavy atom. The Hall–Kier alpha value is -1.24. The maximum absolute atomic E-state index is 12.2. The van der Waals surface area contributed by atoms with E-state index in [1.54, 1.807) is 6.92 Å². The molecule has 1 rings (SSSR count). The Kier molecular flexibility index (Phi) is 3.79. The molecule has 0 bridgehead atoms. The number of nitrogens with zero attached hydrogens (tertiary/aromatic N) is 1. The summed E-state index contributed by atoms with van der Waals surface area (Å²) in [5.41, 5.74) is 0.294.